The van der Waals surface area contributed by atoms with Crippen LogP contribution < -0.4 is 10.9 Å². The number of imidazole rings is 2. The molecule has 0 unspecified atom stereocenters. The van der Waals surface area contributed by atoms with Crippen LogP contribution in [0.15, 0.2) is 41.2 Å². The molecule has 0 bridgehead atoms. The van der Waals surface area contributed by atoms with Gasteiger partial charge in [-0.15, -0.1) is 0 Å². The minimum absolute atomic E-state index is 0.0381. The Kier molecular flexibility index (Phi) is 3.06. The highest BCUT2D eigenvalue weighted by Gasteiger charge is 2.39. The lowest BCUT2D eigenvalue weighted by molar-refractivity contribution is -0.146. The largest absolute Gasteiger partial charge is 0.449 e. The molecular formula is C18H10F3N5O. The lowest BCUT2D eigenvalue weighted by atomic mass is 10.2. The number of rotatable bonds is 2. The number of fused-ring (bicyclic) bond motifs is 5. The van der Waals surface area contributed by atoms with Crippen molar-refractivity contribution in [2.24, 2.45) is 0 Å². The molecule has 0 radical (unpaired) electrons. The molecule has 134 valence electrons. The summed E-state index contributed by atoms with van der Waals surface area (Å²) in [5.41, 5.74) is 0.0803. The molecule has 6 nitrogen and oxygen atoms in total. The molecule has 0 fully saturated rings. The van der Waals surface area contributed by atoms with E-state index >= 15 is 0 Å². The number of aromatic nitrogens is 5. The Morgan fingerprint density at radius 2 is 1.81 bits per heavy atom. The van der Waals surface area contributed by atoms with E-state index in [1.54, 1.807) is 48.6 Å². The highest BCUT2D eigenvalue weighted by molar-refractivity contribution is 5.76. The molecule has 0 atom stereocenters. The van der Waals surface area contributed by atoms with E-state index in [1.165, 1.54) is 4.40 Å². The van der Waals surface area contributed by atoms with E-state index < -0.39 is 17.6 Å². The van der Waals surface area contributed by atoms with E-state index in [9.17, 15) is 18.0 Å². The van der Waals surface area contributed by atoms with Crippen LogP contribution in [-0.4, -0.2) is 23.9 Å². The van der Waals surface area contributed by atoms with E-state index in [-0.39, 0.29) is 23.5 Å². The van der Waals surface area contributed by atoms with Crippen molar-refractivity contribution in [3.8, 4) is 0 Å². The number of benzene rings is 1. The van der Waals surface area contributed by atoms with E-state index in [0.717, 1.165) is 4.57 Å². The molecule has 1 aromatic carbocycles. The lowest BCUT2D eigenvalue weighted by Crippen LogP contribution is -2.20. The van der Waals surface area contributed by atoms with Crippen LogP contribution >= 0.6 is 0 Å². The molecular weight excluding hydrogens is 359 g/mol. The summed E-state index contributed by atoms with van der Waals surface area (Å²) in [7, 11) is 0. The second kappa shape index (κ2) is 5.26. The maximum atomic E-state index is 13.7. The standard InChI is InChI=1S/C18H10F3N5O/c19-18(20,21)16-23-14-13(25(16)9-10-5-2-1-3-6-10)15(27)24-17-22-11-7-4-8-12(11)26(14)17/h1-8H,9H2. The van der Waals surface area contributed by atoms with Gasteiger partial charge in [-0.05, 0) is 17.7 Å². The first-order valence-electron chi connectivity index (χ1n) is 8.06. The van der Waals surface area contributed by atoms with E-state index in [1.807, 2.05) is 0 Å². The van der Waals surface area contributed by atoms with E-state index in [2.05, 4.69) is 15.0 Å². The summed E-state index contributed by atoms with van der Waals surface area (Å²) in [6.45, 7) is -0.145. The normalized spacial score (nSPS) is 13.4. The number of nitrogens with zero attached hydrogens (tertiary/aromatic N) is 5. The molecule has 0 saturated heterocycles. The van der Waals surface area contributed by atoms with Crippen molar-refractivity contribution in [3.05, 3.63) is 69.2 Å². The van der Waals surface area contributed by atoms with Crippen molar-refractivity contribution >= 4 is 29.1 Å². The van der Waals surface area contributed by atoms with Crippen LogP contribution in [0.2, 0.25) is 0 Å². The Labute approximate surface area is 148 Å². The number of halogens is 3. The fourth-order valence-electron chi connectivity index (χ4n) is 3.32. The predicted molar refractivity (Wildman–Crippen MR) is 91.8 cm³/mol. The van der Waals surface area contributed by atoms with Gasteiger partial charge in [-0.3, -0.25) is 9.20 Å². The molecule has 0 aliphatic heterocycles. The lowest BCUT2D eigenvalue weighted by Gasteiger charge is -2.10. The minimum atomic E-state index is -4.72. The van der Waals surface area contributed by atoms with E-state index in [4.69, 9.17) is 0 Å². The number of hydrogen-bond donors (Lipinski definition) is 0. The molecule has 0 saturated carbocycles. The van der Waals surface area contributed by atoms with Crippen molar-refractivity contribution < 1.29 is 13.2 Å². The molecule has 4 aromatic rings. The van der Waals surface area contributed by atoms with Crippen LogP contribution in [0.1, 0.15) is 17.1 Å². The van der Waals surface area contributed by atoms with Crippen LogP contribution in [-0.2, 0) is 12.7 Å². The summed E-state index contributed by atoms with van der Waals surface area (Å²) < 4.78 is 43.3. The predicted octanol–water partition coefficient (Wildman–Crippen LogP) is 2.03. The summed E-state index contributed by atoms with van der Waals surface area (Å²) in [6, 6.07) is 8.59. The third-order valence-corrected chi connectivity index (χ3v) is 4.43. The fourth-order valence-corrected chi connectivity index (χ4v) is 3.32. The molecule has 1 aliphatic carbocycles. The number of alkyl halides is 3. The molecule has 5 rings (SSSR count). The molecule has 0 amide bonds. The van der Waals surface area contributed by atoms with Crippen molar-refractivity contribution in [1.82, 2.24) is 23.9 Å². The van der Waals surface area contributed by atoms with Crippen molar-refractivity contribution in [3.63, 3.8) is 0 Å². The molecule has 0 N–H and O–H groups in total. The van der Waals surface area contributed by atoms with Gasteiger partial charge in [0.25, 0.3) is 0 Å². The Morgan fingerprint density at radius 3 is 2.56 bits per heavy atom. The summed E-state index contributed by atoms with van der Waals surface area (Å²) in [5.74, 6) is -1.10. The topological polar surface area (TPSA) is 65.1 Å². The molecule has 3 heterocycles. The first-order chi connectivity index (χ1) is 12.9. The van der Waals surface area contributed by atoms with Gasteiger partial charge in [0, 0.05) is 6.54 Å². The van der Waals surface area contributed by atoms with Gasteiger partial charge in [-0.1, -0.05) is 36.4 Å². The summed E-state index contributed by atoms with van der Waals surface area (Å²) >= 11 is 0. The van der Waals surface area contributed by atoms with Crippen molar-refractivity contribution in [2.45, 2.75) is 12.7 Å². The van der Waals surface area contributed by atoms with E-state index in [0.29, 0.717) is 16.6 Å². The quantitative estimate of drug-likeness (QED) is 0.542. The van der Waals surface area contributed by atoms with Gasteiger partial charge in [-0.2, -0.15) is 18.2 Å². The van der Waals surface area contributed by atoms with Crippen LogP contribution in [0, 0.1) is 0 Å². The molecule has 0 spiro atoms. The van der Waals surface area contributed by atoms with Gasteiger partial charge in [0.1, 0.15) is 0 Å². The van der Waals surface area contributed by atoms with Gasteiger partial charge >= 0.3 is 11.7 Å². The van der Waals surface area contributed by atoms with Crippen LogP contribution in [0.3, 0.4) is 0 Å². The average molecular weight is 369 g/mol. The summed E-state index contributed by atoms with van der Waals surface area (Å²) in [6.07, 6.45) is 0.404. The third-order valence-electron chi connectivity index (χ3n) is 4.43. The molecule has 1 aliphatic rings. The average Bonchev–Trinajstić information content (AvgIpc) is 3.28. The second-order valence-corrected chi connectivity index (χ2v) is 6.14. The first-order valence-corrected chi connectivity index (χ1v) is 8.06. The third kappa shape index (κ3) is 2.28. The van der Waals surface area contributed by atoms with Crippen molar-refractivity contribution in [2.75, 3.05) is 0 Å². The monoisotopic (exact) mass is 369 g/mol. The van der Waals surface area contributed by atoms with Gasteiger partial charge in [0.05, 0.1) is 11.0 Å². The van der Waals surface area contributed by atoms with Gasteiger partial charge in [0.15, 0.2) is 11.2 Å². The fraction of sp³-hybridized carbons (Fsp3) is 0.111. The zero-order valence-corrected chi connectivity index (χ0v) is 13.6. The van der Waals surface area contributed by atoms with Gasteiger partial charge < -0.3 is 4.57 Å². The van der Waals surface area contributed by atoms with Gasteiger partial charge in [0.2, 0.25) is 11.6 Å². The number of hydrogen-bond acceptors (Lipinski definition) is 4. The highest BCUT2D eigenvalue weighted by atomic mass is 19.4. The smallest absolute Gasteiger partial charge is 0.310 e. The summed E-state index contributed by atoms with van der Waals surface area (Å²) in [5, 5.41) is 0.556. The Bertz CT molecular complexity index is 1350. The SMILES string of the molecule is O=c1nc2nc3c(n2c2nc(C(F)(F)F)n(Cc4ccccc4)c12)=CC=C3. The maximum absolute atomic E-state index is 13.7. The molecule has 3 aromatic heterocycles. The molecule has 9 heteroatoms. The Hall–Kier alpha value is -3.49. The Balaban J connectivity index is 1.90. The minimum Gasteiger partial charge on any atom is -0.310 e. The first kappa shape index (κ1) is 15.7. The zero-order chi connectivity index (χ0) is 18.8. The van der Waals surface area contributed by atoms with Crippen LogP contribution in [0.25, 0.3) is 29.1 Å². The van der Waals surface area contributed by atoms with Crippen LogP contribution in [0.5, 0.6) is 0 Å². The Morgan fingerprint density at radius 1 is 1.04 bits per heavy atom. The van der Waals surface area contributed by atoms with Crippen LogP contribution in [0.4, 0.5) is 13.2 Å². The number of allylic oxidation sites excluding steroid dienone is 1. The summed E-state index contributed by atoms with van der Waals surface area (Å²) in [4.78, 5) is 24.4. The zero-order valence-electron chi connectivity index (χ0n) is 13.6. The maximum Gasteiger partial charge on any atom is 0.449 e. The van der Waals surface area contributed by atoms with Crippen molar-refractivity contribution in [1.29, 1.82) is 0 Å². The second-order valence-electron chi connectivity index (χ2n) is 6.14. The van der Waals surface area contributed by atoms with Gasteiger partial charge in [-0.25, -0.2) is 9.97 Å². The highest BCUT2D eigenvalue weighted by Crippen LogP contribution is 2.31. The molecule has 27 heavy (non-hydrogen) atoms.